The van der Waals surface area contributed by atoms with Crippen LogP contribution >= 0.6 is 11.6 Å². The molecule has 0 saturated heterocycles. The number of alkyl halides is 1. The van der Waals surface area contributed by atoms with Gasteiger partial charge in [0.15, 0.2) is 11.5 Å². The molecule has 0 saturated carbocycles. The Morgan fingerprint density at radius 2 is 2.33 bits per heavy atom. The summed E-state index contributed by atoms with van der Waals surface area (Å²) in [4.78, 5) is 11.3. The second kappa shape index (κ2) is 4.67. The molecule has 1 aromatic carbocycles. The average molecular weight is 225 g/mol. The molecule has 0 radical (unpaired) electrons. The SMILES string of the molecule is COc1c(N)cc(C(=O)CCl)cc1C#N. The largest absolute Gasteiger partial charge is 0.493 e. The molecule has 2 N–H and O–H groups in total. The molecule has 15 heavy (non-hydrogen) atoms. The first kappa shape index (κ1) is 11.3. The molecule has 1 aromatic rings. The Bertz CT molecular complexity index is 438. The molecular formula is C10H9ClN2O2. The highest BCUT2D eigenvalue weighted by molar-refractivity contribution is 6.30. The zero-order valence-electron chi connectivity index (χ0n) is 8.08. The molecule has 0 amide bonds. The van der Waals surface area contributed by atoms with Gasteiger partial charge in [-0.3, -0.25) is 4.79 Å². The van der Waals surface area contributed by atoms with Crippen LogP contribution in [0.25, 0.3) is 0 Å². The minimum Gasteiger partial charge on any atom is -0.493 e. The molecule has 0 atom stereocenters. The quantitative estimate of drug-likeness (QED) is 0.480. The van der Waals surface area contributed by atoms with Gasteiger partial charge in [-0.05, 0) is 12.1 Å². The zero-order chi connectivity index (χ0) is 11.4. The van der Waals surface area contributed by atoms with Crippen molar-refractivity contribution in [3.05, 3.63) is 23.3 Å². The van der Waals surface area contributed by atoms with Gasteiger partial charge in [0, 0.05) is 5.56 Å². The van der Waals surface area contributed by atoms with Gasteiger partial charge in [-0.15, -0.1) is 11.6 Å². The summed E-state index contributed by atoms with van der Waals surface area (Å²) in [5.74, 6) is -0.137. The summed E-state index contributed by atoms with van der Waals surface area (Å²) in [6.45, 7) is 0. The molecular weight excluding hydrogens is 216 g/mol. The third kappa shape index (κ3) is 2.20. The number of rotatable bonds is 3. The summed E-state index contributed by atoms with van der Waals surface area (Å²) in [6, 6.07) is 4.77. The van der Waals surface area contributed by atoms with E-state index in [1.807, 2.05) is 6.07 Å². The van der Waals surface area contributed by atoms with Crippen molar-refractivity contribution in [2.45, 2.75) is 0 Å². The first-order valence-corrected chi connectivity index (χ1v) is 4.64. The van der Waals surface area contributed by atoms with E-state index in [0.29, 0.717) is 5.56 Å². The first-order chi connectivity index (χ1) is 7.13. The van der Waals surface area contributed by atoms with Gasteiger partial charge < -0.3 is 10.5 Å². The number of carbonyl (C=O) groups is 1. The van der Waals surface area contributed by atoms with Crippen LogP contribution in [0.3, 0.4) is 0 Å². The van der Waals surface area contributed by atoms with Crippen LogP contribution in [0.2, 0.25) is 0 Å². The van der Waals surface area contributed by atoms with Crippen LogP contribution in [0.15, 0.2) is 12.1 Å². The van der Waals surface area contributed by atoms with E-state index in [0.717, 1.165) is 0 Å². The van der Waals surface area contributed by atoms with Crippen molar-refractivity contribution in [3.8, 4) is 11.8 Å². The van der Waals surface area contributed by atoms with Crippen LogP contribution in [-0.2, 0) is 0 Å². The second-order valence-electron chi connectivity index (χ2n) is 2.81. The van der Waals surface area contributed by atoms with E-state index in [4.69, 9.17) is 27.3 Å². The lowest BCUT2D eigenvalue weighted by molar-refractivity contribution is 0.102. The molecule has 1 rings (SSSR count). The van der Waals surface area contributed by atoms with E-state index in [9.17, 15) is 4.79 Å². The molecule has 78 valence electrons. The second-order valence-corrected chi connectivity index (χ2v) is 3.08. The van der Waals surface area contributed by atoms with Gasteiger partial charge in [0.2, 0.25) is 0 Å². The van der Waals surface area contributed by atoms with Crippen LogP contribution in [0.1, 0.15) is 15.9 Å². The van der Waals surface area contributed by atoms with Crippen molar-refractivity contribution in [2.75, 3.05) is 18.7 Å². The number of ketones is 1. The Morgan fingerprint density at radius 1 is 1.67 bits per heavy atom. The molecule has 0 aliphatic rings. The number of Topliss-reactive ketones (excluding diaryl/α,β-unsaturated/α-hetero) is 1. The van der Waals surface area contributed by atoms with E-state index >= 15 is 0 Å². The maximum Gasteiger partial charge on any atom is 0.177 e. The number of halogens is 1. The number of nitrogens with two attached hydrogens (primary N) is 1. The third-order valence-electron chi connectivity index (χ3n) is 1.89. The molecule has 5 heteroatoms. The summed E-state index contributed by atoms with van der Waals surface area (Å²) in [5.41, 5.74) is 6.43. The Balaban J connectivity index is 3.33. The van der Waals surface area contributed by atoms with Crippen molar-refractivity contribution < 1.29 is 9.53 Å². The van der Waals surface area contributed by atoms with E-state index in [1.165, 1.54) is 19.2 Å². The van der Waals surface area contributed by atoms with Crippen LogP contribution in [0.4, 0.5) is 5.69 Å². The number of nitrogen functional groups attached to an aromatic ring is 1. The number of hydrogen-bond acceptors (Lipinski definition) is 4. The number of nitrogens with zero attached hydrogens (tertiary/aromatic N) is 1. The van der Waals surface area contributed by atoms with Crippen molar-refractivity contribution in [3.63, 3.8) is 0 Å². The summed E-state index contributed by atoms with van der Waals surface area (Å²) < 4.78 is 4.94. The average Bonchev–Trinajstić information content (AvgIpc) is 2.26. The predicted octanol–water partition coefficient (Wildman–Crippen LogP) is 1.57. The number of anilines is 1. The summed E-state index contributed by atoms with van der Waals surface area (Å²) in [6.07, 6.45) is 0. The normalized spacial score (nSPS) is 9.40. The first-order valence-electron chi connectivity index (χ1n) is 4.10. The number of hydrogen-bond donors (Lipinski definition) is 1. The van der Waals surface area contributed by atoms with Gasteiger partial charge in [0.25, 0.3) is 0 Å². The Hall–Kier alpha value is -1.73. The Kier molecular flexibility index (Phi) is 3.53. The summed E-state index contributed by atoms with van der Waals surface area (Å²) in [5, 5.41) is 8.82. The van der Waals surface area contributed by atoms with Gasteiger partial charge in [-0.1, -0.05) is 0 Å². The lowest BCUT2D eigenvalue weighted by Gasteiger charge is -2.08. The monoisotopic (exact) mass is 224 g/mol. The lowest BCUT2D eigenvalue weighted by Crippen LogP contribution is -2.04. The molecule has 0 spiro atoms. The third-order valence-corrected chi connectivity index (χ3v) is 2.13. The lowest BCUT2D eigenvalue weighted by atomic mass is 10.1. The van der Waals surface area contributed by atoms with Crippen LogP contribution in [0.5, 0.6) is 5.75 Å². The topological polar surface area (TPSA) is 76.1 Å². The van der Waals surface area contributed by atoms with Gasteiger partial charge in [-0.25, -0.2) is 0 Å². The van der Waals surface area contributed by atoms with Crippen LogP contribution < -0.4 is 10.5 Å². The minimum absolute atomic E-state index is 0.142. The van der Waals surface area contributed by atoms with Crippen molar-refractivity contribution in [2.24, 2.45) is 0 Å². The molecule has 0 unspecified atom stereocenters. The van der Waals surface area contributed by atoms with Gasteiger partial charge in [0.1, 0.15) is 6.07 Å². The zero-order valence-corrected chi connectivity index (χ0v) is 8.84. The number of carbonyl (C=O) groups excluding carboxylic acids is 1. The molecule has 0 fully saturated rings. The molecule has 0 aliphatic heterocycles. The highest BCUT2D eigenvalue weighted by atomic mass is 35.5. The fourth-order valence-corrected chi connectivity index (χ4v) is 1.35. The fraction of sp³-hybridized carbons (Fsp3) is 0.200. The number of benzene rings is 1. The van der Waals surface area contributed by atoms with Crippen molar-refractivity contribution in [1.29, 1.82) is 5.26 Å². The van der Waals surface area contributed by atoms with Crippen LogP contribution in [-0.4, -0.2) is 18.8 Å². The summed E-state index contributed by atoms with van der Waals surface area (Å²) >= 11 is 5.40. The molecule has 4 nitrogen and oxygen atoms in total. The van der Waals surface area contributed by atoms with E-state index < -0.39 is 0 Å². The van der Waals surface area contributed by atoms with E-state index in [2.05, 4.69) is 0 Å². The van der Waals surface area contributed by atoms with Gasteiger partial charge >= 0.3 is 0 Å². The Morgan fingerprint density at radius 3 is 2.80 bits per heavy atom. The smallest absolute Gasteiger partial charge is 0.177 e. The highest BCUT2D eigenvalue weighted by Crippen LogP contribution is 2.27. The van der Waals surface area contributed by atoms with Crippen molar-refractivity contribution in [1.82, 2.24) is 0 Å². The molecule has 0 aliphatic carbocycles. The minimum atomic E-state index is -0.275. The molecule has 0 aromatic heterocycles. The van der Waals surface area contributed by atoms with Gasteiger partial charge in [0.05, 0.1) is 24.2 Å². The van der Waals surface area contributed by atoms with Crippen molar-refractivity contribution >= 4 is 23.1 Å². The van der Waals surface area contributed by atoms with Gasteiger partial charge in [-0.2, -0.15) is 5.26 Å². The highest BCUT2D eigenvalue weighted by Gasteiger charge is 2.12. The van der Waals surface area contributed by atoms with Crippen LogP contribution in [0, 0.1) is 11.3 Å². The number of nitriles is 1. The Labute approximate surface area is 92.2 Å². The molecule has 0 bridgehead atoms. The standard InChI is InChI=1S/C10H9ClN2O2/c1-15-10-7(5-12)2-6(3-8(10)13)9(14)4-11/h2-3H,4,13H2,1H3. The number of ether oxygens (including phenoxy) is 1. The molecule has 0 heterocycles. The van der Waals surface area contributed by atoms with E-state index in [1.54, 1.807) is 0 Å². The fourth-order valence-electron chi connectivity index (χ4n) is 1.20. The number of methoxy groups -OCH3 is 1. The predicted molar refractivity (Wildman–Crippen MR) is 57.2 cm³/mol. The summed E-state index contributed by atoms with van der Waals surface area (Å²) in [7, 11) is 1.41. The maximum atomic E-state index is 11.3. The van der Waals surface area contributed by atoms with E-state index in [-0.39, 0.29) is 28.7 Å². The maximum absolute atomic E-state index is 11.3.